The number of likely N-dealkylation sites (N-methyl/N-ethyl adjacent to an activating group) is 1. The van der Waals surface area contributed by atoms with Crippen molar-refractivity contribution in [3.63, 3.8) is 0 Å². The maximum atomic E-state index is 13.9. The van der Waals surface area contributed by atoms with E-state index in [-0.39, 0.29) is 34.6 Å². The summed E-state index contributed by atoms with van der Waals surface area (Å²) in [5, 5.41) is 3.04. The van der Waals surface area contributed by atoms with Crippen molar-refractivity contribution < 1.29 is 18.0 Å². The lowest BCUT2D eigenvalue weighted by Crippen LogP contribution is -2.53. The van der Waals surface area contributed by atoms with Gasteiger partial charge < -0.3 is 10.2 Å². The molecule has 0 radical (unpaired) electrons. The summed E-state index contributed by atoms with van der Waals surface area (Å²) in [5.74, 6) is -0.924. The number of hydrogen-bond acceptors (Lipinski definition) is 4. The third-order valence-corrected chi connectivity index (χ3v) is 7.66. The second kappa shape index (κ2) is 12.4. The number of amides is 2. The van der Waals surface area contributed by atoms with Crippen LogP contribution in [0.1, 0.15) is 16.7 Å². The van der Waals surface area contributed by atoms with Gasteiger partial charge in [0, 0.05) is 25.0 Å². The van der Waals surface area contributed by atoms with Gasteiger partial charge in [-0.3, -0.25) is 13.9 Å². The number of hydrogen-bond donors (Lipinski definition) is 1. The molecule has 0 bridgehead atoms. The van der Waals surface area contributed by atoms with Gasteiger partial charge in [-0.1, -0.05) is 77.8 Å². The first-order valence-corrected chi connectivity index (χ1v) is 14.1. The van der Waals surface area contributed by atoms with Crippen molar-refractivity contribution in [3.05, 3.63) is 99.5 Å². The molecular formula is C27H29Cl2N3O4S. The lowest BCUT2D eigenvalue weighted by molar-refractivity contribution is -0.139. The fourth-order valence-corrected chi connectivity index (χ4v) is 5.25. The summed E-state index contributed by atoms with van der Waals surface area (Å²) in [6, 6.07) is 20.4. The summed E-state index contributed by atoms with van der Waals surface area (Å²) >= 11 is 12.4. The molecule has 2 amide bonds. The Balaban J connectivity index is 2.07. The third kappa shape index (κ3) is 7.47. The van der Waals surface area contributed by atoms with Gasteiger partial charge in [0.15, 0.2) is 0 Å². The highest BCUT2D eigenvalue weighted by Crippen LogP contribution is 2.31. The summed E-state index contributed by atoms with van der Waals surface area (Å²) in [6.45, 7) is 1.46. The Bertz CT molecular complexity index is 1370. The van der Waals surface area contributed by atoms with Gasteiger partial charge in [-0.05, 0) is 41.8 Å². The van der Waals surface area contributed by atoms with Crippen LogP contribution < -0.4 is 9.62 Å². The predicted molar refractivity (Wildman–Crippen MR) is 148 cm³/mol. The normalized spacial score (nSPS) is 12.0. The Kier molecular flexibility index (Phi) is 9.59. The fraction of sp³-hybridized carbons (Fsp3) is 0.259. The van der Waals surface area contributed by atoms with Crippen LogP contribution in [0, 0.1) is 6.92 Å². The van der Waals surface area contributed by atoms with Crippen molar-refractivity contribution in [2.24, 2.45) is 0 Å². The van der Waals surface area contributed by atoms with Crippen molar-refractivity contribution >= 4 is 50.7 Å². The monoisotopic (exact) mass is 561 g/mol. The fourth-order valence-electron chi connectivity index (χ4n) is 3.96. The maximum Gasteiger partial charge on any atom is 0.244 e. The van der Waals surface area contributed by atoms with E-state index in [1.165, 1.54) is 30.1 Å². The van der Waals surface area contributed by atoms with Crippen LogP contribution in [-0.2, 0) is 32.6 Å². The van der Waals surface area contributed by atoms with Crippen LogP contribution in [0.15, 0.2) is 72.8 Å². The standard InChI is InChI=1S/C27H29Cl2N3O4S/c1-19-9-7-8-12-21(19)17-31(25(27(34)30-2)15-20-10-5-4-6-11-20)26(33)18-32(37(3,35)36)24-16-22(28)13-14-23(24)29/h4-14,16,25H,15,17-18H2,1-3H3,(H,30,34)/t25-/m0/s1. The van der Waals surface area contributed by atoms with E-state index in [1.807, 2.05) is 61.5 Å². The van der Waals surface area contributed by atoms with Crippen LogP contribution in [0.3, 0.4) is 0 Å². The zero-order valence-electron chi connectivity index (χ0n) is 20.8. The van der Waals surface area contributed by atoms with Gasteiger partial charge in [0.05, 0.1) is 17.0 Å². The first-order chi connectivity index (χ1) is 17.5. The molecule has 1 N–H and O–H groups in total. The maximum absolute atomic E-state index is 13.9. The summed E-state index contributed by atoms with van der Waals surface area (Å²) in [4.78, 5) is 28.4. The van der Waals surface area contributed by atoms with Crippen molar-refractivity contribution in [1.29, 1.82) is 0 Å². The molecule has 7 nitrogen and oxygen atoms in total. The molecule has 3 aromatic carbocycles. The largest absolute Gasteiger partial charge is 0.357 e. The smallest absolute Gasteiger partial charge is 0.244 e. The summed E-state index contributed by atoms with van der Waals surface area (Å²) in [7, 11) is -2.43. The van der Waals surface area contributed by atoms with Gasteiger partial charge in [-0.2, -0.15) is 0 Å². The Labute approximate surface area is 228 Å². The molecule has 0 spiro atoms. The summed E-state index contributed by atoms with van der Waals surface area (Å²) < 4.78 is 26.5. The summed E-state index contributed by atoms with van der Waals surface area (Å²) in [6.07, 6.45) is 1.23. The van der Waals surface area contributed by atoms with E-state index in [0.717, 1.165) is 27.3 Å². The molecule has 3 aromatic rings. The van der Waals surface area contributed by atoms with Crippen molar-refractivity contribution in [2.45, 2.75) is 25.9 Å². The molecule has 0 aromatic heterocycles. The lowest BCUT2D eigenvalue weighted by atomic mass is 10.0. The Morgan fingerprint density at radius 1 is 0.973 bits per heavy atom. The average Bonchev–Trinajstić information content (AvgIpc) is 2.86. The molecular weight excluding hydrogens is 533 g/mol. The number of nitrogens with one attached hydrogen (secondary N) is 1. The zero-order valence-corrected chi connectivity index (χ0v) is 23.1. The number of nitrogens with zero attached hydrogens (tertiary/aromatic N) is 2. The number of aryl methyl sites for hydroxylation is 1. The minimum atomic E-state index is -3.94. The van der Waals surface area contributed by atoms with Gasteiger partial charge in [0.2, 0.25) is 21.8 Å². The molecule has 0 saturated carbocycles. The van der Waals surface area contributed by atoms with Gasteiger partial charge in [-0.25, -0.2) is 8.42 Å². The average molecular weight is 563 g/mol. The van der Waals surface area contributed by atoms with Crippen LogP contribution >= 0.6 is 23.2 Å². The van der Waals surface area contributed by atoms with Crippen LogP contribution in [0.4, 0.5) is 5.69 Å². The van der Waals surface area contributed by atoms with Crippen LogP contribution in [0.5, 0.6) is 0 Å². The van der Waals surface area contributed by atoms with Crippen LogP contribution in [0.25, 0.3) is 0 Å². The second-order valence-electron chi connectivity index (χ2n) is 8.63. The molecule has 196 valence electrons. The Morgan fingerprint density at radius 2 is 1.62 bits per heavy atom. The number of rotatable bonds is 10. The number of carbonyl (C=O) groups is 2. The molecule has 0 fully saturated rings. The first-order valence-electron chi connectivity index (χ1n) is 11.5. The number of benzene rings is 3. The number of carbonyl (C=O) groups excluding carboxylic acids is 2. The molecule has 0 aliphatic heterocycles. The Hall–Kier alpha value is -3.07. The van der Waals surface area contributed by atoms with Crippen LogP contribution in [-0.4, -0.2) is 51.0 Å². The Morgan fingerprint density at radius 3 is 2.24 bits per heavy atom. The van der Waals surface area contributed by atoms with Gasteiger partial charge in [0.25, 0.3) is 0 Å². The van der Waals surface area contributed by atoms with E-state index in [2.05, 4.69) is 5.32 Å². The highest BCUT2D eigenvalue weighted by atomic mass is 35.5. The predicted octanol–water partition coefficient (Wildman–Crippen LogP) is 4.45. The van der Waals surface area contributed by atoms with Crippen molar-refractivity contribution in [3.8, 4) is 0 Å². The second-order valence-corrected chi connectivity index (χ2v) is 11.4. The van der Waals surface area contributed by atoms with Crippen LogP contribution in [0.2, 0.25) is 10.0 Å². The van der Waals surface area contributed by atoms with E-state index in [4.69, 9.17) is 23.2 Å². The van der Waals surface area contributed by atoms with E-state index in [9.17, 15) is 18.0 Å². The molecule has 3 rings (SSSR count). The van der Waals surface area contributed by atoms with E-state index >= 15 is 0 Å². The highest BCUT2D eigenvalue weighted by molar-refractivity contribution is 7.92. The van der Waals surface area contributed by atoms with Gasteiger partial charge >= 0.3 is 0 Å². The summed E-state index contributed by atoms with van der Waals surface area (Å²) in [5.41, 5.74) is 2.72. The third-order valence-electron chi connectivity index (χ3n) is 5.98. The molecule has 37 heavy (non-hydrogen) atoms. The molecule has 1 atom stereocenters. The molecule has 0 heterocycles. The van der Waals surface area contributed by atoms with E-state index < -0.39 is 28.5 Å². The molecule has 10 heteroatoms. The molecule has 0 unspecified atom stereocenters. The van der Waals surface area contributed by atoms with E-state index in [0.29, 0.717) is 0 Å². The zero-order chi connectivity index (χ0) is 27.2. The molecule has 0 saturated heterocycles. The minimum absolute atomic E-state index is 0.0837. The van der Waals surface area contributed by atoms with Gasteiger partial charge in [-0.15, -0.1) is 0 Å². The lowest BCUT2D eigenvalue weighted by Gasteiger charge is -2.33. The topological polar surface area (TPSA) is 86.8 Å². The number of sulfonamides is 1. The highest BCUT2D eigenvalue weighted by Gasteiger charge is 2.33. The minimum Gasteiger partial charge on any atom is -0.357 e. The molecule has 0 aliphatic carbocycles. The SMILES string of the molecule is CNC(=O)[C@H](Cc1ccccc1)N(Cc1ccccc1C)C(=O)CN(c1cc(Cl)ccc1Cl)S(C)(=O)=O. The van der Waals surface area contributed by atoms with Gasteiger partial charge in [0.1, 0.15) is 12.6 Å². The molecule has 0 aliphatic rings. The quantitative estimate of drug-likeness (QED) is 0.396. The van der Waals surface area contributed by atoms with Crippen molar-refractivity contribution in [2.75, 3.05) is 24.2 Å². The van der Waals surface area contributed by atoms with E-state index in [1.54, 1.807) is 0 Å². The number of halogens is 2. The first kappa shape index (κ1) is 28.5. The number of anilines is 1. The van der Waals surface area contributed by atoms with Crippen molar-refractivity contribution in [1.82, 2.24) is 10.2 Å².